The lowest BCUT2D eigenvalue weighted by molar-refractivity contribution is -0.384. The largest absolute Gasteiger partial charge is 0.489 e. The second kappa shape index (κ2) is 12.9. The molecule has 8 nitrogen and oxygen atoms in total. The number of carbonyl (C=O) groups is 1. The molecule has 0 bridgehead atoms. The van der Waals surface area contributed by atoms with Gasteiger partial charge in [0.15, 0.2) is 0 Å². The van der Waals surface area contributed by atoms with Crippen LogP contribution < -0.4 is 14.8 Å². The molecule has 0 radical (unpaired) electrons. The zero-order valence-corrected chi connectivity index (χ0v) is 21.3. The molecule has 0 aliphatic carbocycles. The minimum absolute atomic E-state index is 0.0386. The van der Waals surface area contributed by atoms with E-state index in [-0.39, 0.29) is 17.9 Å². The number of non-ortho nitro benzene ring substituents is 1. The predicted octanol–water partition coefficient (Wildman–Crippen LogP) is 6.95. The number of amides is 1. The fourth-order valence-electron chi connectivity index (χ4n) is 3.56. The molecule has 0 aliphatic heterocycles. The number of ether oxygens (including phenoxy) is 2. The number of halogens is 1. The molecule has 0 heterocycles. The summed E-state index contributed by atoms with van der Waals surface area (Å²) in [4.78, 5) is 23.4. The zero-order chi connectivity index (χ0) is 27.6. The Hall–Kier alpha value is -5.13. The van der Waals surface area contributed by atoms with E-state index in [1.165, 1.54) is 18.2 Å². The van der Waals surface area contributed by atoms with E-state index >= 15 is 0 Å². The number of nitrogens with zero attached hydrogens (tertiary/aromatic N) is 2. The van der Waals surface area contributed by atoms with Gasteiger partial charge in [-0.3, -0.25) is 14.9 Å². The summed E-state index contributed by atoms with van der Waals surface area (Å²) in [5.41, 5.74) is 2.30. The Morgan fingerprint density at radius 3 is 2.36 bits per heavy atom. The molecular formula is C30H22ClN3O5. The summed E-state index contributed by atoms with van der Waals surface area (Å²) in [6, 6.07) is 29.3. The molecule has 4 aromatic carbocycles. The number of hydrogen-bond donors (Lipinski definition) is 1. The Balaban J connectivity index is 1.44. The molecule has 9 heteroatoms. The molecular weight excluding hydrogens is 518 g/mol. The molecule has 194 valence electrons. The van der Waals surface area contributed by atoms with E-state index in [0.29, 0.717) is 39.9 Å². The monoisotopic (exact) mass is 539 g/mol. The summed E-state index contributed by atoms with van der Waals surface area (Å²) < 4.78 is 11.6. The molecule has 39 heavy (non-hydrogen) atoms. The average molecular weight is 540 g/mol. The first kappa shape index (κ1) is 26.9. The van der Waals surface area contributed by atoms with Crippen LogP contribution in [0.5, 0.6) is 11.5 Å². The van der Waals surface area contributed by atoms with Crippen LogP contribution in [0, 0.1) is 21.4 Å². The Labute approximate surface area is 229 Å². The minimum atomic E-state index is -0.611. The molecule has 0 spiro atoms. The van der Waals surface area contributed by atoms with Gasteiger partial charge in [-0.2, -0.15) is 5.26 Å². The molecule has 0 aliphatic rings. The highest BCUT2D eigenvalue weighted by Crippen LogP contribution is 2.27. The molecule has 1 amide bonds. The first-order valence-corrected chi connectivity index (χ1v) is 12.1. The highest BCUT2D eigenvalue weighted by atomic mass is 35.5. The van der Waals surface area contributed by atoms with Gasteiger partial charge in [0.05, 0.1) is 4.92 Å². The van der Waals surface area contributed by atoms with Crippen LogP contribution in [0.25, 0.3) is 6.08 Å². The van der Waals surface area contributed by atoms with Crippen LogP contribution in [0.2, 0.25) is 5.02 Å². The first-order valence-electron chi connectivity index (χ1n) is 11.8. The standard InChI is InChI=1S/C30H22ClN3O5/c31-25-9-14-29(39-20-22-7-4-8-27(15-22)34(36)37)23(17-25)16-24(18-32)30(35)33-26-10-12-28(13-11-26)38-19-21-5-2-1-3-6-21/h1-17H,19-20H2,(H,33,35)/b24-16+. The Morgan fingerprint density at radius 1 is 0.923 bits per heavy atom. The SMILES string of the molecule is N#C/C(=C\c1cc(Cl)ccc1OCc1cccc([N+](=O)[O-])c1)C(=O)Nc1ccc(OCc2ccccc2)cc1. The van der Waals surface area contributed by atoms with Crippen molar-refractivity contribution >= 4 is 35.0 Å². The van der Waals surface area contributed by atoms with Crippen molar-refractivity contribution in [3.63, 3.8) is 0 Å². The van der Waals surface area contributed by atoms with Crippen molar-refractivity contribution in [3.05, 3.63) is 134 Å². The van der Waals surface area contributed by atoms with Gasteiger partial charge in [-0.15, -0.1) is 0 Å². The van der Waals surface area contributed by atoms with E-state index in [9.17, 15) is 20.2 Å². The lowest BCUT2D eigenvalue weighted by atomic mass is 10.1. The maximum absolute atomic E-state index is 12.8. The quantitative estimate of drug-likeness (QED) is 0.101. The normalized spacial score (nSPS) is 10.8. The lowest BCUT2D eigenvalue weighted by Crippen LogP contribution is -2.13. The first-order chi connectivity index (χ1) is 18.9. The third-order valence-electron chi connectivity index (χ3n) is 5.51. The number of anilines is 1. The van der Waals surface area contributed by atoms with E-state index in [4.69, 9.17) is 21.1 Å². The number of nitro benzene ring substituents is 1. The third-order valence-corrected chi connectivity index (χ3v) is 5.75. The van der Waals surface area contributed by atoms with E-state index < -0.39 is 10.8 Å². The van der Waals surface area contributed by atoms with Crippen LogP contribution in [0.1, 0.15) is 16.7 Å². The van der Waals surface area contributed by atoms with Crippen LogP contribution in [0.4, 0.5) is 11.4 Å². The molecule has 0 atom stereocenters. The van der Waals surface area contributed by atoms with Gasteiger partial charge in [0.2, 0.25) is 0 Å². The number of carbonyl (C=O) groups excluding carboxylic acids is 1. The zero-order valence-electron chi connectivity index (χ0n) is 20.5. The number of benzene rings is 4. The number of rotatable bonds is 10. The van der Waals surface area contributed by atoms with E-state index in [1.807, 2.05) is 36.4 Å². The molecule has 0 saturated carbocycles. The molecule has 0 saturated heterocycles. The van der Waals surface area contributed by atoms with Crippen LogP contribution in [-0.4, -0.2) is 10.8 Å². The summed E-state index contributed by atoms with van der Waals surface area (Å²) in [6.45, 7) is 0.454. The molecule has 1 N–H and O–H groups in total. The van der Waals surface area contributed by atoms with Gasteiger partial charge < -0.3 is 14.8 Å². The highest BCUT2D eigenvalue weighted by molar-refractivity contribution is 6.30. The average Bonchev–Trinajstić information content (AvgIpc) is 2.95. The van der Waals surface area contributed by atoms with Gasteiger partial charge in [-0.05, 0) is 59.7 Å². The third kappa shape index (κ3) is 7.68. The second-order valence-electron chi connectivity index (χ2n) is 8.32. The van der Waals surface area contributed by atoms with Gasteiger partial charge in [0.25, 0.3) is 11.6 Å². The highest BCUT2D eigenvalue weighted by Gasteiger charge is 2.13. The molecule has 4 rings (SSSR count). The number of nitro groups is 1. The number of nitrogens with one attached hydrogen (secondary N) is 1. The van der Waals surface area contributed by atoms with Crippen molar-refractivity contribution < 1.29 is 19.2 Å². The van der Waals surface area contributed by atoms with Gasteiger partial charge in [0, 0.05) is 28.4 Å². The summed E-state index contributed by atoms with van der Waals surface area (Å²) in [5, 5.41) is 23.8. The summed E-state index contributed by atoms with van der Waals surface area (Å²) in [5.74, 6) is 0.379. The minimum Gasteiger partial charge on any atom is -0.489 e. The Morgan fingerprint density at radius 2 is 1.64 bits per heavy atom. The van der Waals surface area contributed by atoms with Gasteiger partial charge in [-0.25, -0.2) is 0 Å². The molecule has 0 fully saturated rings. The molecule has 0 aromatic heterocycles. The van der Waals surface area contributed by atoms with Crippen LogP contribution in [0.15, 0.2) is 103 Å². The molecule has 4 aromatic rings. The maximum atomic E-state index is 12.8. The van der Waals surface area contributed by atoms with Gasteiger partial charge in [0.1, 0.15) is 36.4 Å². The summed E-state index contributed by atoms with van der Waals surface area (Å²) >= 11 is 6.15. The van der Waals surface area contributed by atoms with Gasteiger partial charge in [-0.1, -0.05) is 54.1 Å². The number of nitriles is 1. The van der Waals surface area contributed by atoms with E-state index in [2.05, 4.69) is 5.32 Å². The fraction of sp³-hybridized carbons (Fsp3) is 0.0667. The second-order valence-corrected chi connectivity index (χ2v) is 8.76. The van der Waals surface area contributed by atoms with E-state index in [1.54, 1.807) is 54.6 Å². The van der Waals surface area contributed by atoms with E-state index in [0.717, 1.165) is 5.56 Å². The number of hydrogen-bond acceptors (Lipinski definition) is 6. The van der Waals surface area contributed by atoms with Crippen molar-refractivity contribution in [1.82, 2.24) is 0 Å². The van der Waals surface area contributed by atoms with Crippen molar-refractivity contribution in [2.75, 3.05) is 5.32 Å². The van der Waals surface area contributed by atoms with Crippen molar-refractivity contribution in [3.8, 4) is 17.6 Å². The van der Waals surface area contributed by atoms with Crippen LogP contribution in [-0.2, 0) is 18.0 Å². The van der Waals surface area contributed by atoms with Crippen LogP contribution in [0.3, 0.4) is 0 Å². The van der Waals surface area contributed by atoms with Crippen molar-refractivity contribution in [1.29, 1.82) is 5.26 Å². The summed E-state index contributed by atoms with van der Waals surface area (Å²) in [6.07, 6.45) is 1.38. The van der Waals surface area contributed by atoms with Crippen LogP contribution >= 0.6 is 11.6 Å². The molecule has 0 unspecified atom stereocenters. The van der Waals surface area contributed by atoms with Crippen molar-refractivity contribution in [2.45, 2.75) is 13.2 Å². The van der Waals surface area contributed by atoms with Gasteiger partial charge >= 0.3 is 0 Å². The van der Waals surface area contributed by atoms with Crippen molar-refractivity contribution in [2.24, 2.45) is 0 Å². The smallest absolute Gasteiger partial charge is 0.269 e. The summed E-state index contributed by atoms with van der Waals surface area (Å²) in [7, 11) is 0. The maximum Gasteiger partial charge on any atom is 0.269 e. The fourth-order valence-corrected chi connectivity index (χ4v) is 3.74. The Bertz CT molecular complexity index is 1550. The topological polar surface area (TPSA) is 114 Å². The lowest BCUT2D eigenvalue weighted by Gasteiger charge is -2.11. The Kier molecular flexibility index (Phi) is 8.91. The predicted molar refractivity (Wildman–Crippen MR) is 148 cm³/mol.